The van der Waals surface area contributed by atoms with Crippen LogP contribution >= 0.6 is 0 Å². The van der Waals surface area contributed by atoms with Gasteiger partial charge < -0.3 is 5.11 Å². The number of aliphatic hydroxyl groups is 1. The molecule has 1 rings (SSSR count). The molecular weight excluding hydrogens is 348 g/mol. The number of hydrogen-bond acceptors (Lipinski definition) is 4. The summed E-state index contributed by atoms with van der Waals surface area (Å²) >= 11 is 0. The molecule has 5 heteroatoms. The zero-order chi connectivity index (χ0) is 19.4. The lowest BCUT2D eigenvalue weighted by Crippen LogP contribution is -2.31. The molecule has 142 valence electrons. The highest BCUT2D eigenvalue weighted by Gasteiger charge is 2.27. The summed E-state index contributed by atoms with van der Waals surface area (Å²) in [6, 6.07) is 6.39. The third-order valence-corrected chi connectivity index (χ3v) is 5.41. The van der Waals surface area contributed by atoms with Crippen LogP contribution in [-0.2, 0) is 14.3 Å². The maximum absolute atomic E-state index is 12.5. The molecule has 0 aliphatic carbocycles. The summed E-state index contributed by atoms with van der Waals surface area (Å²) in [6.07, 6.45) is 9.00. The minimum Gasteiger partial charge on any atom is -0.390 e. The van der Waals surface area contributed by atoms with Crippen molar-refractivity contribution < 1.29 is 17.7 Å². The van der Waals surface area contributed by atoms with Crippen LogP contribution in [0.1, 0.15) is 57.4 Å². The van der Waals surface area contributed by atoms with Crippen molar-refractivity contribution in [3.05, 3.63) is 29.8 Å². The van der Waals surface area contributed by atoms with Crippen molar-refractivity contribution in [2.24, 2.45) is 0 Å². The van der Waals surface area contributed by atoms with Gasteiger partial charge in [-0.25, -0.2) is 0 Å². The van der Waals surface area contributed by atoms with Crippen LogP contribution in [0, 0.1) is 31.1 Å². The van der Waals surface area contributed by atoms with E-state index in [-0.39, 0.29) is 11.3 Å². The van der Waals surface area contributed by atoms with Crippen molar-refractivity contribution in [2.75, 3.05) is 0 Å². The van der Waals surface area contributed by atoms with Crippen LogP contribution in [0.15, 0.2) is 29.2 Å². The molecule has 0 spiro atoms. The van der Waals surface area contributed by atoms with E-state index < -0.39 is 22.3 Å². The van der Waals surface area contributed by atoms with E-state index in [1.54, 1.807) is 12.1 Å². The molecular formula is C21H28O4S. The maximum Gasteiger partial charge on any atom is 0.297 e. The van der Waals surface area contributed by atoms with E-state index >= 15 is 0 Å². The van der Waals surface area contributed by atoms with Crippen molar-refractivity contribution in [1.29, 1.82) is 0 Å². The van der Waals surface area contributed by atoms with Crippen molar-refractivity contribution in [3.63, 3.8) is 0 Å². The van der Waals surface area contributed by atoms with E-state index in [0.717, 1.165) is 37.7 Å². The SMILES string of the molecule is C#CC#CC[C@H](OS(=O)(=O)c1ccc(C)cc1)[C@@H](O)CCCCCCC. The fourth-order valence-corrected chi connectivity index (χ4v) is 3.61. The predicted octanol–water partition coefficient (Wildman–Crippen LogP) is 3.82. The molecule has 0 aliphatic heterocycles. The van der Waals surface area contributed by atoms with Crippen molar-refractivity contribution in [2.45, 2.75) is 75.9 Å². The Balaban J connectivity index is 2.78. The van der Waals surface area contributed by atoms with Gasteiger partial charge in [0.15, 0.2) is 0 Å². The number of benzene rings is 1. The van der Waals surface area contributed by atoms with Gasteiger partial charge in [0.05, 0.1) is 11.0 Å². The Morgan fingerprint density at radius 2 is 1.81 bits per heavy atom. The monoisotopic (exact) mass is 376 g/mol. The van der Waals surface area contributed by atoms with Crippen LogP contribution in [0.25, 0.3) is 0 Å². The summed E-state index contributed by atoms with van der Waals surface area (Å²) in [7, 11) is -3.98. The largest absolute Gasteiger partial charge is 0.390 e. The first kappa shape index (κ1) is 22.3. The summed E-state index contributed by atoms with van der Waals surface area (Å²) in [5.41, 5.74) is 0.951. The molecule has 4 nitrogen and oxygen atoms in total. The summed E-state index contributed by atoms with van der Waals surface area (Å²) in [5, 5.41) is 10.4. The number of aryl methyl sites for hydroxylation is 1. The lowest BCUT2D eigenvalue weighted by Gasteiger charge is -2.21. The molecule has 1 aromatic carbocycles. The Morgan fingerprint density at radius 3 is 2.42 bits per heavy atom. The van der Waals surface area contributed by atoms with Crippen molar-refractivity contribution in [3.8, 4) is 24.2 Å². The summed E-state index contributed by atoms with van der Waals surface area (Å²) in [5.74, 6) is 7.30. The molecule has 0 bridgehead atoms. The minimum absolute atomic E-state index is 0.0609. The third kappa shape index (κ3) is 8.06. The maximum atomic E-state index is 12.5. The number of terminal acetylenes is 1. The highest BCUT2D eigenvalue weighted by atomic mass is 32.2. The average molecular weight is 377 g/mol. The zero-order valence-electron chi connectivity index (χ0n) is 15.6. The molecule has 0 saturated carbocycles. The Labute approximate surface area is 158 Å². The molecule has 0 aliphatic rings. The van der Waals surface area contributed by atoms with Gasteiger partial charge in [-0.05, 0) is 37.3 Å². The second kappa shape index (κ2) is 11.8. The molecule has 1 aromatic rings. The highest BCUT2D eigenvalue weighted by Crippen LogP contribution is 2.20. The van der Waals surface area contributed by atoms with Crippen molar-refractivity contribution in [1.82, 2.24) is 0 Å². The fraction of sp³-hybridized carbons (Fsp3) is 0.524. The van der Waals surface area contributed by atoms with E-state index in [9.17, 15) is 13.5 Å². The van der Waals surface area contributed by atoms with Crippen LogP contribution in [0.2, 0.25) is 0 Å². The standard InChI is InChI=1S/C21H28O4S/c1-4-6-8-9-11-12-20(22)21(13-10-7-5-2)25-26(23,24)19-16-14-18(3)15-17-19/h2,14-17,20-22H,4,6,8-9,11-13H2,1,3H3/t20-,21-/m0/s1. The lowest BCUT2D eigenvalue weighted by atomic mass is 10.0. The number of unbranched alkanes of at least 4 members (excludes halogenated alkanes) is 4. The van der Waals surface area contributed by atoms with Gasteiger partial charge in [0, 0.05) is 6.42 Å². The molecule has 0 saturated heterocycles. The van der Waals surface area contributed by atoms with E-state index in [1.165, 1.54) is 12.1 Å². The Bertz CT molecular complexity index is 733. The van der Waals surface area contributed by atoms with Crippen LogP contribution in [0.5, 0.6) is 0 Å². The topological polar surface area (TPSA) is 63.6 Å². The van der Waals surface area contributed by atoms with Gasteiger partial charge in [0.1, 0.15) is 6.10 Å². The molecule has 0 fully saturated rings. The number of rotatable bonds is 11. The van der Waals surface area contributed by atoms with E-state index in [2.05, 4.69) is 24.7 Å². The summed E-state index contributed by atoms with van der Waals surface area (Å²) < 4.78 is 30.3. The van der Waals surface area contributed by atoms with Crippen LogP contribution in [0.4, 0.5) is 0 Å². The van der Waals surface area contributed by atoms with E-state index in [4.69, 9.17) is 10.6 Å². The smallest absolute Gasteiger partial charge is 0.297 e. The zero-order valence-corrected chi connectivity index (χ0v) is 16.4. The van der Waals surface area contributed by atoms with Crippen molar-refractivity contribution >= 4 is 10.1 Å². The quantitative estimate of drug-likeness (QED) is 0.362. The van der Waals surface area contributed by atoms with Gasteiger partial charge in [0.2, 0.25) is 0 Å². The third-order valence-electron chi connectivity index (χ3n) is 4.06. The fourth-order valence-electron chi connectivity index (χ4n) is 2.50. The molecule has 2 atom stereocenters. The normalized spacial score (nSPS) is 13.3. The molecule has 0 amide bonds. The molecule has 26 heavy (non-hydrogen) atoms. The second-order valence-corrected chi connectivity index (χ2v) is 7.89. The first-order valence-corrected chi connectivity index (χ1v) is 10.4. The second-order valence-electron chi connectivity index (χ2n) is 6.32. The van der Waals surface area contributed by atoms with Gasteiger partial charge in [-0.2, -0.15) is 8.42 Å². The van der Waals surface area contributed by atoms with Gasteiger partial charge >= 0.3 is 0 Å². The van der Waals surface area contributed by atoms with Gasteiger partial charge in [-0.3, -0.25) is 4.18 Å². The minimum atomic E-state index is -3.98. The predicted molar refractivity (Wildman–Crippen MR) is 104 cm³/mol. The lowest BCUT2D eigenvalue weighted by molar-refractivity contribution is 0.0359. The first-order valence-electron chi connectivity index (χ1n) is 9.02. The Hall–Kier alpha value is -1.79. The first-order chi connectivity index (χ1) is 12.4. The molecule has 0 heterocycles. The Kier molecular flexibility index (Phi) is 10.1. The highest BCUT2D eigenvalue weighted by molar-refractivity contribution is 7.86. The van der Waals surface area contributed by atoms with E-state index in [1.807, 2.05) is 6.92 Å². The number of aliphatic hydroxyl groups excluding tert-OH is 1. The summed E-state index contributed by atoms with van der Waals surface area (Å²) in [6.45, 7) is 4.01. The van der Waals surface area contributed by atoms with Crippen LogP contribution < -0.4 is 0 Å². The van der Waals surface area contributed by atoms with Crippen LogP contribution in [-0.4, -0.2) is 25.7 Å². The van der Waals surface area contributed by atoms with Gasteiger partial charge in [-0.15, -0.1) is 6.42 Å². The molecule has 0 aromatic heterocycles. The molecule has 1 N–H and O–H groups in total. The summed E-state index contributed by atoms with van der Waals surface area (Å²) in [4.78, 5) is 0.0631. The Morgan fingerprint density at radius 1 is 1.15 bits per heavy atom. The van der Waals surface area contributed by atoms with E-state index in [0.29, 0.717) is 6.42 Å². The molecule has 0 radical (unpaired) electrons. The average Bonchev–Trinajstić information content (AvgIpc) is 2.61. The number of hydrogen-bond donors (Lipinski definition) is 1. The van der Waals surface area contributed by atoms with Crippen LogP contribution in [0.3, 0.4) is 0 Å². The van der Waals surface area contributed by atoms with Gasteiger partial charge in [0.25, 0.3) is 10.1 Å². The van der Waals surface area contributed by atoms with Gasteiger partial charge in [-0.1, -0.05) is 62.6 Å². The molecule has 0 unspecified atom stereocenters.